The van der Waals surface area contributed by atoms with E-state index in [-0.39, 0.29) is 24.3 Å². The van der Waals surface area contributed by atoms with Gasteiger partial charge in [-0.1, -0.05) is 38.1 Å². The van der Waals surface area contributed by atoms with E-state index in [1.807, 2.05) is 24.3 Å². The van der Waals surface area contributed by atoms with Gasteiger partial charge in [-0.3, -0.25) is 9.69 Å². The summed E-state index contributed by atoms with van der Waals surface area (Å²) in [7, 11) is 1.63. The number of benzene rings is 2. The lowest BCUT2D eigenvalue weighted by atomic mass is 10.0. The molecule has 1 amide bonds. The van der Waals surface area contributed by atoms with Gasteiger partial charge in [-0.15, -0.1) is 0 Å². The molecule has 5 nitrogen and oxygen atoms in total. The Bertz CT molecular complexity index is 735. The van der Waals surface area contributed by atoms with E-state index >= 15 is 0 Å². The molecule has 6 heteroatoms. The topological polar surface area (TPSA) is 50.8 Å². The van der Waals surface area contributed by atoms with E-state index in [0.29, 0.717) is 6.54 Å². The predicted octanol–water partition coefficient (Wildman–Crippen LogP) is 3.41. The Morgan fingerprint density at radius 2 is 1.89 bits per heavy atom. The van der Waals surface area contributed by atoms with Crippen molar-refractivity contribution in [1.82, 2.24) is 10.2 Å². The van der Waals surface area contributed by atoms with Crippen LogP contribution in [0.4, 0.5) is 4.39 Å². The second-order valence-electron chi connectivity index (χ2n) is 6.04. The number of nitrogens with one attached hydrogen (secondary N) is 1. The Morgan fingerprint density at radius 3 is 2.56 bits per heavy atom. The highest BCUT2D eigenvalue weighted by Gasteiger charge is 2.19. The summed E-state index contributed by atoms with van der Waals surface area (Å²) < 4.78 is 24.1. The number of ether oxygens (including phenoxy) is 2. The minimum Gasteiger partial charge on any atom is -0.497 e. The van der Waals surface area contributed by atoms with Crippen molar-refractivity contribution < 1.29 is 18.7 Å². The number of nitrogens with zero attached hydrogens (tertiary/aromatic N) is 1. The van der Waals surface area contributed by atoms with Crippen molar-refractivity contribution in [2.45, 2.75) is 19.9 Å². The molecule has 0 aliphatic heterocycles. The number of likely N-dealkylation sites (N-methyl/N-ethyl adjacent to an activating group) is 1. The zero-order chi connectivity index (χ0) is 19.6. The first-order valence-corrected chi connectivity index (χ1v) is 9.11. The van der Waals surface area contributed by atoms with Crippen molar-refractivity contribution in [2.75, 3.05) is 33.4 Å². The molecule has 0 spiro atoms. The first kappa shape index (κ1) is 20.7. The SMILES string of the molecule is CCN(CC)C(CNC(=O)COc1ccccc1F)c1cccc(OC)c1. The largest absolute Gasteiger partial charge is 0.497 e. The normalized spacial score (nSPS) is 11.9. The second kappa shape index (κ2) is 10.5. The third-order valence-corrected chi connectivity index (χ3v) is 4.42. The minimum atomic E-state index is -0.484. The molecule has 27 heavy (non-hydrogen) atoms. The molecule has 2 aromatic carbocycles. The molecule has 0 bridgehead atoms. The first-order chi connectivity index (χ1) is 13.1. The molecule has 0 heterocycles. The monoisotopic (exact) mass is 374 g/mol. The lowest BCUT2D eigenvalue weighted by Crippen LogP contribution is -2.39. The van der Waals surface area contributed by atoms with Crippen LogP contribution in [0, 0.1) is 5.82 Å². The number of halogens is 1. The Morgan fingerprint density at radius 1 is 1.15 bits per heavy atom. The van der Waals surface area contributed by atoms with Crippen LogP contribution in [0.1, 0.15) is 25.5 Å². The smallest absolute Gasteiger partial charge is 0.258 e. The van der Waals surface area contributed by atoms with Gasteiger partial charge in [0.2, 0.25) is 0 Å². The molecule has 0 aliphatic rings. The Balaban J connectivity index is 2.00. The van der Waals surface area contributed by atoms with Gasteiger partial charge in [0.05, 0.1) is 13.2 Å². The Labute approximate surface area is 160 Å². The maximum Gasteiger partial charge on any atom is 0.258 e. The fraction of sp³-hybridized carbons (Fsp3) is 0.381. The first-order valence-electron chi connectivity index (χ1n) is 9.11. The van der Waals surface area contributed by atoms with E-state index in [4.69, 9.17) is 9.47 Å². The summed E-state index contributed by atoms with van der Waals surface area (Å²) in [4.78, 5) is 14.4. The summed E-state index contributed by atoms with van der Waals surface area (Å²) in [6, 6.07) is 13.9. The van der Waals surface area contributed by atoms with Gasteiger partial charge >= 0.3 is 0 Å². The van der Waals surface area contributed by atoms with Gasteiger partial charge in [-0.05, 0) is 42.9 Å². The van der Waals surface area contributed by atoms with Crippen LogP contribution in [0.15, 0.2) is 48.5 Å². The van der Waals surface area contributed by atoms with Gasteiger partial charge < -0.3 is 14.8 Å². The maximum absolute atomic E-state index is 13.6. The molecule has 2 rings (SSSR count). The van der Waals surface area contributed by atoms with Crippen molar-refractivity contribution in [3.05, 3.63) is 59.9 Å². The molecule has 1 atom stereocenters. The average Bonchev–Trinajstić information content (AvgIpc) is 2.70. The zero-order valence-corrected chi connectivity index (χ0v) is 16.1. The van der Waals surface area contributed by atoms with Crippen LogP contribution in [0.2, 0.25) is 0 Å². The predicted molar refractivity (Wildman–Crippen MR) is 104 cm³/mol. The average molecular weight is 374 g/mol. The third-order valence-electron chi connectivity index (χ3n) is 4.42. The highest BCUT2D eigenvalue weighted by molar-refractivity contribution is 5.77. The van der Waals surface area contributed by atoms with Crippen molar-refractivity contribution in [2.24, 2.45) is 0 Å². The van der Waals surface area contributed by atoms with E-state index in [2.05, 4.69) is 24.1 Å². The van der Waals surface area contributed by atoms with E-state index in [1.165, 1.54) is 12.1 Å². The van der Waals surface area contributed by atoms with Crippen LogP contribution >= 0.6 is 0 Å². The highest BCUT2D eigenvalue weighted by Crippen LogP contribution is 2.24. The number of para-hydroxylation sites is 1. The molecule has 2 aromatic rings. The van der Waals surface area contributed by atoms with Gasteiger partial charge in [-0.25, -0.2) is 4.39 Å². The molecule has 1 N–H and O–H groups in total. The van der Waals surface area contributed by atoms with Crippen LogP contribution in [0.25, 0.3) is 0 Å². The number of methoxy groups -OCH3 is 1. The highest BCUT2D eigenvalue weighted by atomic mass is 19.1. The van der Waals surface area contributed by atoms with Gasteiger partial charge in [-0.2, -0.15) is 0 Å². The number of hydrogen-bond acceptors (Lipinski definition) is 4. The Hall–Kier alpha value is -2.60. The standard InChI is InChI=1S/C21H27FN2O3/c1-4-24(5-2)19(16-9-8-10-17(13-16)26-3)14-23-21(25)15-27-20-12-7-6-11-18(20)22/h6-13,19H,4-5,14-15H2,1-3H3,(H,23,25). The van der Waals surface area contributed by atoms with Crippen molar-refractivity contribution >= 4 is 5.91 Å². The van der Waals surface area contributed by atoms with Gasteiger partial charge in [0.25, 0.3) is 5.91 Å². The van der Waals surface area contributed by atoms with E-state index in [0.717, 1.165) is 24.4 Å². The van der Waals surface area contributed by atoms with Gasteiger partial charge in [0.1, 0.15) is 5.75 Å². The minimum absolute atomic E-state index is 0.00695. The maximum atomic E-state index is 13.6. The Kier molecular flexibility index (Phi) is 8.07. The van der Waals surface area contributed by atoms with E-state index < -0.39 is 5.82 Å². The summed E-state index contributed by atoms with van der Waals surface area (Å²) in [6.07, 6.45) is 0. The van der Waals surface area contributed by atoms with Crippen molar-refractivity contribution in [3.63, 3.8) is 0 Å². The van der Waals surface area contributed by atoms with E-state index in [1.54, 1.807) is 19.2 Å². The van der Waals surface area contributed by atoms with Crippen LogP contribution in [0.3, 0.4) is 0 Å². The molecule has 1 unspecified atom stereocenters. The van der Waals surface area contributed by atoms with Crippen LogP contribution in [0.5, 0.6) is 11.5 Å². The van der Waals surface area contributed by atoms with Crippen LogP contribution in [-0.2, 0) is 4.79 Å². The second-order valence-corrected chi connectivity index (χ2v) is 6.04. The molecule has 0 radical (unpaired) electrons. The molecule has 0 saturated heterocycles. The third kappa shape index (κ3) is 5.96. The molecular weight excluding hydrogens is 347 g/mol. The summed E-state index contributed by atoms with van der Waals surface area (Å²) in [5.74, 6) is 0.0700. The molecule has 0 aromatic heterocycles. The quantitative estimate of drug-likeness (QED) is 0.692. The summed E-state index contributed by atoms with van der Waals surface area (Å²) in [6.45, 7) is 6.05. The molecular formula is C21H27FN2O3. The summed E-state index contributed by atoms with van der Waals surface area (Å²) in [5.41, 5.74) is 1.06. The number of hydrogen-bond donors (Lipinski definition) is 1. The van der Waals surface area contributed by atoms with Crippen molar-refractivity contribution in [1.29, 1.82) is 0 Å². The number of carbonyl (C=O) groups is 1. The zero-order valence-electron chi connectivity index (χ0n) is 16.1. The number of rotatable bonds is 10. The number of amides is 1. The summed E-state index contributed by atoms with van der Waals surface area (Å²) in [5, 5.41) is 2.89. The molecule has 0 aliphatic carbocycles. The lowest BCUT2D eigenvalue weighted by Gasteiger charge is -2.30. The molecule has 0 fully saturated rings. The van der Waals surface area contributed by atoms with Crippen LogP contribution in [-0.4, -0.2) is 44.2 Å². The van der Waals surface area contributed by atoms with Crippen LogP contribution < -0.4 is 14.8 Å². The van der Waals surface area contributed by atoms with Gasteiger partial charge in [0, 0.05) is 6.54 Å². The van der Waals surface area contributed by atoms with Crippen molar-refractivity contribution in [3.8, 4) is 11.5 Å². The lowest BCUT2D eigenvalue weighted by molar-refractivity contribution is -0.123. The number of carbonyl (C=O) groups excluding carboxylic acids is 1. The van der Waals surface area contributed by atoms with E-state index in [9.17, 15) is 9.18 Å². The molecule has 0 saturated carbocycles. The fourth-order valence-corrected chi connectivity index (χ4v) is 2.94. The molecule has 146 valence electrons. The van der Waals surface area contributed by atoms with Gasteiger partial charge in [0.15, 0.2) is 18.2 Å². The summed E-state index contributed by atoms with van der Waals surface area (Å²) >= 11 is 0. The fourth-order valence-electron chi connectivity index (χ4n) is 2.94.